The molecule has 27 heavy (non-hydrogen) atoms. The summed E-state index contributed by atoms with van der Waals surface area (Å²) < 4.78 is 0. The molecule has 0 spiro atoms. The van der Waals surface area contributed by atoms with Crippen molar-refractivity contribution in [2.75, 3.05) is 25.2 Å². The van der Waals surface area contributed by atoms with Gasteiger partial charge in [-0.15, -0.1) is 0 Å². The lowest BCUT2D eigenvalue weighted by Crippen LogP contribution is -3.00. The first-order valence-electron chi connectivity index (χ1n) is 12.5. The molecule has 0 saturated carbocycles. The zero-order valence-electron chi connectivity index (χ0n) is 19.7. The number of hydrogen-bond donors (Lipinski definition) is 0. The van der Waals surface area contributed by atoms with Gasteiger partial charge in [-0.1, -0.05) is 97.8 Å². The molecule has 166 valence electrons. The van der Waals surface area contributed by atoms with Gasteiger partial charge in [0.1, 0.15) is 0 Å². The first-order chi connectivity index (χ1) is 12.7. The topological polar surface area (TPSA) is 0 Å². The second-order valence-electron chi connectivity index (χ2n) is 9.09. The van der Waals surface area contributed by atoms with Gasteiger partial charge in [0.2, 0.25) is 0 Å². The molecule has 0 aliphatic heterocycles. The van der Waals surface area contributed by atoms with E-state index in [1.54, 1.807) is 18.5 Å². The molecule has 0 nitrogen and oxygen atoms in total. The SMILES string of the molecule is CCCCCCCC[P+](C)(CCCCCCCC)CCCCCCCC.[Br-]. The highest BCUT2D eigenvalue weighted by molar-refractivity contribution is 7.75. The number of hydrogen-bond acceptors (Lipinski definition) is 0. The summed E-state index contributed by atoms with van der Waals surface area (Å²) in [4.78, 5) is 0. The average molecular weight is 466 g/mol. The van der Waals surface area contributed by atoms with Crippen LogP contribution in [-0.4, -0.2) is 25.2 Å². The quantitative estimate of drug-likeness (QED) is 0.130. The van der Waals surface area contributed by atoms with Crippen LogP contribution in [0.1, 0.15) is 136 Å². The second-order valence-corrected chi connectivity index (χ2v) is 13.7. The second kappa shape index (κ2) is 23.2. The Labute approximate surface area is 185 Å². The molecule has 0 bridgehead atoms. The summed E-state index contributed by atoms with van der Waals surface area (Å²) in [6.45, 7) is 9.70. The lowest BCUT2D eigenvalue weighted by atomic mass is 10.1. The molecule has 2 heteroatoms. The van der Waals surface area contributed by atoms with Crippen LogP contribution >= 0.6 is 7.26 Å². The highest BCUT2D eigenvalue weighted by atomic mass is 79.9. The molecule has 0 saturated heterocycles. The van der Waals surface area contributed by atoms with E-state index in [-0.39, 0.29) is 17.0 Å². The third kappa shape index (κ3) is 21.4. The molecule has 0 aromatic carbocycles. The van der Waals surface area contributed by atoms with E-state index in [0.29, 0.717) is 0 Å². The molecule has 0 aromatic rings. The first kappa shape index (κ1) is 30.1. The van der Waals surface area contributed by atoms with Crippen LogP contribution in [0.4, 0.5) is 0 Å². The zero-order valence-corrected chi connectivity index (χ0v) is 22.2. The number of rotatable bonds is 21. The van der Waals surface area contributed by atoms with Gasteiger partial charge in [0, 0.05) is 13.9 Å². The fraction of sp³-hybridized carbons (Fsp3) is 1.00. The van der Waals surface area contributed by atoms with Gasteiger partial charge in [-0.2, -0.15) is 0 Å². The van der Waals surface area contributed by atoms with Crippen molar-refractivity contribution < 1.29 is 17.0 Å². The van der Waals surface area contributed by atoms with Crippen LogP contribution in [0.15, 0.2) is 0 Å². The summed E-state index contributed by atoms with van der Waals surface area (Å²) in [7, 11) is -0.636. The van der Waals surface area contributed by atoms with Crippen molar-refractivity contribution in [3.05, 3.63) is 0 Å². The van der Waals surface area contributed by atoms with E-state index in [4.69, 9.17) is 0 Å². The Hall–Kier alpha value is 0.910. The van der Waals surface area contributed by atoms with Gasteiger partial charge in [-0.05, 0) is 38.5 Å². The van der Waals surface area contributed by atoms with Crippen LogP contribution < -0.4 is 17.0 Å². The van der Waals surface area contributed by atoms with Gasteiger partial charge >= 0.3 is 0 Å². The Morgan fingerprint density at radius 2 is 0.593 bits per heavy atom. The summed E-state index contributed by atoms with van der Waals surface area (Å²) in [5, 5.41) is 0. The first-order valence-corrected chi connectivity index (χ1v) is 15.3. The summed E-state index contributed by atoms with van der Waals surface area (Å²) in [6, 6.07) is 0. The van der Waals surface area contributed by atoms with Gasteiger partial charge in [0.15, 0.2) is 0 Å². The summed E-state index contributed by atoms with van der Waals surface area (Å²) >= 11 is 0. The molecular weight excluding hydrogens is 411 g/mol. The third-order valence-corrected chi connectivity index (χ3v) is 10.3. The van der Waals surface area contributed by atoms with Crippen molar-refractivity contribution >= 4 is 7.26 Å². The molecule has 0 fully saturated rings. The van der Waals surface area contributed by atoms with Crippen molar-refractivity contribution in [1.29, 1.82) is 0 Å². The molecule has 0 aliphatic carbocycles. The predicted molar refractivity (Wildman–Crippen MR) is 128 cm³/mol. The van der Waals surface area contributed by atoms with Crippen molar-refractivity contribution in [2.45, 2.75) is 136 Å². The average Bonchev–Trinajstić information content (AvgIpc) is 2.64. The Kier molecular flexibility index (Phi) is 25.9. The van der Waals surface area contributed by atoms with Gasteiger partial charge < -0.3 is 17.0 Å². The fourth-order valence-corrected chi connectivity index (χ4v) is 7.79. The van der Waals surface area contributed by atoms with E-state index < -0.39 is 7.26 Å². The van der Waals surface area contributed by atoms with Crippen LogP contribution in [0.3, 0.4) is 0 Å². The van der Waals surface area contributed by atoms with Crippen molar-refractivity contribution in [3.8, 4) is 0 Å². The minimum absolute atomic E-state index is 0. The molecule has 0 atom stereocenters. The van der Waals surface area contributed by atoms with Gasteiger partial charge in [-0.25, -0.2) is 0 Å². The normalized spacial score (nSPS) is 11.6. The van der Waals surface area contributed by atoms with Crippen LogP contribution in [0.5, 0.6) is 0 Å². The maximum atomic E-state index is 2.73. The molecule has 0 aromatic heterocycles. The van der Waals surface area contributed by atoms with Crippen LogP contribution in [0.25, 0.3) is 0 Å². The molecule has 0 N–H and O–H groups in total. The maximum absolute atomic E-state index is 2.73. The van der Waals surface area contributed by atoms with Gasteiger partial charge in [-0.3, -0.25) is 0 Å². The monoisotopic (exact) mass is 464 g/mol. The standard InChI is InChI=1S/C25H54P.BrH/c1-5-8-11-14-17-20-23-26(4,24-21-18-15-12-9-6-2)25-22-19-16-13-10-7-3;/h5-25H2,1-4H3;1H/q+1;/p-1. The Morgan fingerprint density at radius 3 is 0.852 bits per heavy atom. The molecule has 0 radical (unpaired) electrons. The molecule has 0 unspecified atom stereocenters. The van der Waals surface area contributed by atoms with Gasteiger partial charge in [0.25, 0.3) is 0 Å². The Morgan fingerprint density at radius 1 is 0.370 bits per heavy atom. The third-order valence-electron chi connectivity index (χ3n) is 6.15. The molecule has 0 rings (SSSR count). The Balaban J connectivity index is 0. The Bertz CT molecular complexity index is 226. The fourth-order valence-electron chi connectivity index (χ4n) is 4.16. The highest BCUT2D eigenvalue weighted by Crippen LogP contribution is 2.57. The molecule has 0 heterocycles. The molecule has 0 amide bonds. The van der Waals surface area contributed by atoms with Crippen molar-refractivity contribution in [3.63, 3.8) is 0 Å². The lowest BCUT2D eigenvalue weighted by molar-refractivity contribution is -0.00000604. The van der Waals surface area contributed by atoms with E-state index in [1.807, 2.05) is 0 Å². The van der Waals surface area contributed by atoms with Crippen molar-refractivity contribution in [2.24, 2.45) is 0 Å². The largest absolute Gasteiger partial charge is 1.00 e. The van der Waals surface area contributed by atoms with E-state index in [0.717, 1.165) is 0 Å². The van der Waals surface area contributed by atoms with Crippen LogP contribution in [-0.2, 0) is 0 Å². The minimum Gasteiger partial charge on any atom is -1.00 e. The predicted octanol–water partition coefficient (Wildman–Crippen LogP) is 6.72. The van der Waals surface area contributed by atoms with Crippen molar-refractivity contribution in [1.82, 2.24) is 0 Å². The number of unbranched alkanes of at least 4 members (excludes halogenated alkanes) is 15. The number of halogens is 1. The lowest BCUT2D eigenvalue weighted by Gasteiger charge is -2.24. The zero-order chi connectivity index (χ0) is 19.3. The van der Waals surface area contributed by atoms with E-state index in [2.05, 4.69) is 27.4 Å². The maximum Gasteiger partial charge on any atom is 0.0591 e. The summed E-state index contributed by atoms with van der Waals surface area (Å²) in [5.41, 5.74) is 0. The van der Waals surface area contributed by atoms with E-state index >= 15 is 0 Å². The van der Waals surface area contributed by atoms with E-state index in [9.17, 15) is 0 Å². The van der Waals surface area contributed by atoms with Gasteiger partial charge in [0.05, 0.1) is 18.5 Å². The van der Waals surface area contributed by atoms with E-state index in [1.165, 1.54) is 116 Å². The summed E-state index contributed by atoms with van der Waals surface area (Å²) in [5.74, 6) is 0. The molecular formula is C25H54BrP. The highest BCUT2D eigenvalue weighted by Gasteiger charge is 2.29. The minimum atomic E-state index is -0.636. The van der Waals surface area contributed by atoms with Crippen LogP contribution in [0.2, 0.25) is 0 Å². The smallest absolute Gasteiger partial charge is 0.0591 e. The summed E-state index contributed by atoms with van der Waals surface area (Å²) in [6.07, 6.45) is 31.2. The molecule has 0 aliphatic rings. The van der Waals surface area contributed by atoms with Crippen LogP contribution in [0, 0.1) is 0 Å².